The lowest BCUT2D eigenvalue weighted by atomic mass is 9.85. The number of ether oxygens (including phenoxy) is 2. The number of nitrogens with zero attached hydrogens (tertiary/aromatic N) is 2. The van der Waals surface area contributed by atoms with Gasteiger partial charge >= 0.3 is 5.97 Å². The fourth-order valence-electron chi connectivity index (χ4n) is 7.55. The van der Waals surface area contributed by atoms with Crippen LogP contribution in [0.15, 0.2) is 17.1 Å². The molecule has 2 saturated carbocycles. The number of hydrogen-bond donors (Lipinski definition) is 4. The van der Waals surface area contributed by atoms with E-state index in [-0.39, 0.29) is 42.2 Å². The molecule has 1 amide bonds. The van der Waals surface area contributed by atoms with Crippen molar-refractivity contribution >= 4 is 17.8 Å². The lowest BCUT2D eigenvalue weighted by Crippen LogP contribution is -2.25. The summed E-state index contributed by atoms with van der Waals surface area (Å²) in [5, 5.41) is 22.1. The highest BCUT2D eigenvalue weighted by Crippen LogP contribution is 2.37. The standard InChI is InChI=1S/C36H58N4O6/c1-25(41)45-32(22-30(42)12-6-5-11-26-9-3-2-4-10-26)16-15-27-19-29(35(44)33(20-27)46-31-13-7-8-14-31)24-40-23-28(21-34(40)43)17-18-39-36(37)38/h19-20,26,28,30-32,42,44H,2-18,21-24H2,1H3,(H4,37,38,39). The Morgan fingerprint density at radius 1 is 1.02 bits per heavy atom. The summed E-state index contributed by atoms with van der Waals surface area (Å²) in [6.07, 6.45) is 16.8. The fraction of sp³-hybridized carbons (Fsp3) is 0.750. The number of phenolic OH excluding ortho intramolecular Hbond substituents is 1. The van der Waals surface area contributed by atoms with Crippen molar-refractivity contribution in [2.24, 2.45) is 28.3 Å². The zero-order valence-electron chi connectivity index (χ0n) is 28.0. The molecule has 0 spiro atoms. The normalized spacial score (nSPS) is 20.5. The number of carbonyl (C=O) groups is 2. The smallest absolute Gasteiger partial charge is 0.302 e. The molecular formula is C36H58N4O6. The summed E-state index contributed by atoms with van der Waals surface area (Å²) in [5.41, 5.74) is 12.5. The Kier molecular flexibility index (Phi) is 14.3. The third-order valence-electron chi connectivity index (χ3n) is 10.0. The van der Waals surface area contributed by atoms with E-state index < -0.39 is 12.2 Å². The molecule has 1 aromatic carbocycles. The fourth-order valence-corrected chi connectivity index (χ4v) is 7.55. The molecule has 1 heterocycles. The molecular weight excluding hydrogens is 584 g/mol. The van der Waals surface area contributed by atoms with Crippen LogP contribution in [-0.2, 0) is 27.3 Å². The molecule has 6 N–H and O–H groups in total. The second-order valence-corrected chi connectivity index (χ2v) is 14.0. The van der Waals surface area contributed by atoms with Crippen LogP contribution in [0.4, 0.5) is 0 Å². The van der Waals surface area contributed by atoms with E-state index in [4.69, 9.17) is 20.9 Å². The van der Waals surface area contributed by atoms with Gasteiger partial charge < -0.3 is 36.1 Å². The highest BCUT2D eigenvalue weighted by Gasteiger charge is 2.31. The predicted octanol–water partition coefficient (Wildman–Crippen LogP) is 5.48. The topological polar surface area (TPSA) is 161 Å². The van der Waals surface area contributed by atoms with Gasteiger partial charge in [0.15, 0.2) is 17.5 Å². The van der Waals surface area contributed by atoms with Crippen molar-refractivity contribution in [3.05, 3.63) is 23.3 Å². The number of aliphatic imine (C=N–C) groups is 1. The Morgan fingerprint density at radius 2 is 1.76 bits per heavy atom. The molecule has 3 atom stereocenters. The van der Waals surface area contributed by atoms with Gasteiger partial charge in [-0.25, -0.2) is 0 Å². The molecule has 3 aliphatic rings. The molecule has 10 heteroatoms. The van der Waals surface area contributed by atoms with Gasteiger partial charge in [-0.2, -0.15) is 0 Å². The van der Waals surface area contributed by atoms with E-state index in [0.29, 0.717) is 62.9 Å². The lowest BCUT2D eigenvalue weighted by molar-refractivity contribution is -0.148. The number of amides is 1. The van der Waals surface area contributed by atoms with Crippen LogP contribution in [0.1, 0.15) is 127 Å². The van der Waals surface area contributed by atoms with Gasteiger partial charge in [0.2, 0.25) is 5.91 Å². The van der Waals surface area contributed by atoms with Crippen molar-refractivity contribution in [2.75, 3.05) is 13.1 Å². The average Bonchev–Trinajstić information content (AvgIpc) is 3.65. The lowest BCUT2D eigenvalue weighted by Gasteiger charge is -2.23. The number of hydrogen-bond acceptors (Lipinski definition) is 7. The minimum absolute atomic E-state index is 0.0421. The number of nitrogens with two attached hydrogens (primary N) is 2. The van der Waals surface area contributed by atoms with Crippen molar-refractivity contribution in [1.82, 2.24) is 4.90 Å². The Bertz CT molecular complexity index is 1140. The number of phenols is 1. The molecule has 10 nitrogen and oxygen atoms in total. The number of aromatic hydroxyl groups is 1. The van der Waals surface area contributed by atoms with E-state index in [1.165, 1.54) is 45.4 Å². The first kappa shape index (κ1) is 35.8. The number of aryl methyl sites for hydroxylation is 1. The van der Waals surface area contributed by atoms with Crippen LogP contribution in [0.25, 0.3) is 0 Å². The Balaban J connectivity index is 1.37. The predicted molar refractivity (Wildman–Crippen MR) is 179 cm³/mol. The van der Waals surface area contributed by atoms with Gasteiger partial charge in [-0.3, -0.25) is 14.6 Å². The Hall–Kier alpha value is -3.01. The molecule has 258 valence electrons. The molecule has 1 saturated heterocycles. The number of rotatable bonds is 18. The number of benzene rings is 1. The van der Waals surface area contributed by atoms with Gasteiger partial charge in [-0.15, -0.1) is 0 Å². The summed E-state index contributed by atoms with van der Waals surface area (Å²) in [5.74, 6) is 1.25. The van der Waals surface area contributed by atoms with Gasteiger partial charge in [0.25, 0.3) is 0 Å². The van der Waals surface area contributed by atoms with E-state index >= 15 is 0 Å². The van der Waals surface area contributed by atoms with E-state index in [1.807, 2.05) is 12.1 Å². The first-order valence-corrected chi connectivity index (χ1v) is 17.9. The highest BCUT2D eigenvalue weighted by atomic mass is 16.5. The maximum Gasteiger partial charge on any atom is 0.302 e. The SMILES string of the molecule is CC(=O)OC(CCc1cc(CN2CC(CCN=C(N)N)CC2=O)c(O)c(OC2CCCC2)c1)CC(O)CCCCC1CCCCC1. The molecule has 0 radical (unpaired) electrons. The van der Waals surface area contributed by atoms with E-state index in [0.717, 1.165) is 50.0 Å². The number of esters is 1. The number of carbonyl (C=O) groups excluding carboxylic acids is 2. The molecule has 46 heavy (non-hydrogen) atoms. The number of likely N-dealkylation sites (tertiary alicyclic amines) is 1. The highest BCUT2D eigenvalue weighted by molar-refractivity contribution is 5.79. The number of unbranched alkanes of at least 4 members (excludes halogenated alkanes) is 1. The van der Waals surface area contributed by atoms with Crippen molar-refractivity contribution < 1.29 is 29.3 Å². The van der Waals surface area contributed by atoms with Gasteiger partial charge in [0, 0.05) is 45.0 Å². The monoisotopic (exact) mass is 642 g/mol. The van der Waals surface area contributed by atoms with Crippen LogP contribution in [0.2, 0.25) is 0 Å². The summed E-state index contributed by atoms with van der Waals surface area (Å²) in [4.78, 5) is 30.7. The van der Waals surface area contributed by atoms with Gasteiger partial charge in [-0.1, -0.05) is 57.4 Å². The van der Waals surface area contributed by atoms with Gasteiger partial charge in [0.1, 0.15) is 6.10 Å². The van der Waals surface area contributed by atoms with Crippen molar-refractivity contribution in [2.45, 2.75) is 147 Å². The third kappa shape index (κ3) is 12.0. The van der Waals surface area contributed by atoms with Crippen molar-refractivity contribution in [1.29, 1.82) is 0 Å². The molecule has 3 unspecified atom stereocenters. The van der Waals surface area contributed by atoms with Crippen LogP contribution in [0.5, 0.6) is 11.5 Å². The molecule has 0 bridgehead atoms. The quantitative estimate of drug-likeness (QED) is 0.0709. The second kappa shape index (κ2) is 18.4. The van der Waals surface area contributed by atoms with E-state index in [2.05, 4.69) is 4.99 Å². The van der Waals surface area contributed by atoms with Crippen molar-refractivity contribution in [3.8, 4) is 11.5 Å². The maximum atomic E-state index is 12.9. The number of aliphatic hydroxyl groups excluding tert-OH is 1. The summed E-state index contributed by atoms with van der Waals surface area (Å²) >= 11 is 0. The molecule has 3 fully saturated rings. The van der Waals surface area contributed by atoms with Gasteiger partial charge in [-0.05, 0) is 74.8 Å². The van der Waals surface area contributed by atoms with Crippen LogP contribution in [0.3, 0.4) is 0 Å². The van der Waals surface area contributed by atoms with Crippen LogP contribution < -0.4 is 16.2 Å². The molecule has 2 aliphatic carbocycles. The first-order chi connectivity index (χ1) is 22.2. The molecule has 1 aliphatic heterocycles. The minimum Gasteiger partial charge on any atom is -0.504 e. The summed E-state index contributed by atoms with van der Waals surface area (Å²) in [6.45, 7) is 2.75. The second-order valence-electron chi connectivity index (χ2n) is 14.0. The van der Waals surface area contributed by atoms with E-state index in [1.54, 1.807) is 4.90 Å². The zero-order chi connectivity index (χ0) is 32.9. The third-order valence-corrected chi connectivity index (χ3v) is 10.0. The average molecular weight is 643 g/mol. The van der Waals surface area contributed by atoms with Gasteiger partial charge in [0.05, 0.1) is 12.2 Å². The van der Waals surface area contributed by atoms with Crippen molar-refractivity contribution in [3.63, 3.8) is 0 Å². The zero-order valence-corrected chi connectivity index (χ0v) is 28.0. The largest absolute Gasteiger partial charge is 0.504 e. The molecule has 0 aromatic heterocycles. The number of guanidine groups is 1. The maximum absolute atomic E-state index is 12.9. The molecule has 4 rings (SSSR count). The van der Waals surface area contributed by atoms with Crippen LogP contribution in [-0.4, -0.2) is 64.4 Å². The molecule has 1 aromatic rings. The summed E-state index contributed by atoms with van der Waals surface area (Å²) in [7, 11) is 0. The summed E-state index contributed by atoms with van der Waals surface area (Å²) < 4.78 is 12.0. The number of aliphatic hydroxyl groups is 1. The van der Waals surface area contributed by atoms with E-state index in [9.17, 15) is 19.8 Å². The van der Waals surface area contributed by atoms with Crippen LogP contribution in [0, 0.1) is 11.8 Å². The Morgan fingerprint density at radius 3 is 2.48 bits per heavy atom. The minimum atomic E-state index is -0.520. The Labute approximate surface area is 275 Å². The summed E-state index contributed by atoms with van der Waals surface area (Å²) in [6, 6.07) is 3.82. The first-order valence-electron chi connectivity index (χ1n) is 17.9. The van der Waals surface area contributed by atoms with Crippen LogP contribution >= 0.6 is 0 Å².